The van der Waals surface area contributed by atoms with Crippen LogP contribution in [-0.4, -0.2) is 82.3 Å². The van der Waals surface area contributed by atoms with Gasteiger partial charge in [-0.25, -0.2) is 0 Å². The monoisotopic (exact) mass is 1100 g/mol. The lowest BCUT2D eigenvalue weighted by molar-refractivity contribution is -0.870. The summed E-state index contributed by atoms with van der Waals surface area (Å²) < 4.78 is 22.7. The number of quaternary nitrogens is 1. The smallest absolute Gasteiger partial charge is 0.306 e. The van der Waals surface area contributed by atoms with Gasteiger partial charge in [0.15, 0.2) is 12.4 Å². The zero-order valence-corrected chi connectivity index (χ0v) is 51.5. The van der Waals surface area contributed by atoms with E-state index >= 15 is 0 Å². The van der Waals surface area contributed by atoms with Crippen molar-refractivity contribution in [3.8, 4) is 0 Å². The number of allylic oxidation sites excluding steroid dienone is 18. The summed E-state index contributed by atoms with van der Waals surface area (Å²) in [6, 6.07) is 0. The Balaban J connectivity index is 4.25. The van der Waals surface area contributed by atoms with E-state index in [4.69, 9.17) is 18.9 Å². The molecule has 9 heteroatoms. The van der Waals surface area contributed by atoms with Crippen LogP contribution in [0.3, 0.4) is 0 Å². The van der Waals surface area contributed by atoms with Crippen LogP contribution in [0.1, 0.15) is 258 Å². The van der Waals surface area contributed by atoms with Gasteiger partial charge < -0.3 is 33.3 Å². The van der Waals surface area contributed by atoms with Crippen molar-refractivity contribution < 1.29 is 42.9 Å². The van der Waals surface area contributed by atoms with E-state index in [0.717, 1.165) is 103 Å². The number of carbonyl (C=O) groups is 3. The highest BCUT2D eigenvalue weighted by Gasteiger charge is 2.22. The van der Waals surface area contributed by atoms with Gasteiger partial charge in [-0.2, -0.15) is 0 Å². The summed E-state index contributed by atoms with van der Waals surface area (Å²) in [4.78, 5) is 37.4. The number of hydrogen-bond acceptors (Lipinski definition) is 8. The molecule has 0 rings (SSSR count). The number of likely N-dealkylation sites (N-methyl/N-ethyl adjacent to an activating group) is 1. The zero-order chi connectivity index (χ0) is 57.6. The maximum Gasteiger partial charge on any atom is 0.306 e. The molecule has 0 aromatic carbocycles. The lowest BCUT2D eigenvalue weighted by Gasteiger charge is -2.26. The number of carboxylic acid groups (broad SMARTS) is 1. The molecule has 0 aromatic rings. The molecule has 0 bridgehead atoms. The summed E-state index contributed by atoms with van der Waals surface area (Å²) in [5, 5.41) is 11.8. The molecule has 0 aliphatic rings. The van der Waals surface area contributed by atoms with Gasteiger partial charge in [0.05, 0.1) is 40.3 Å². The molecular formula is C70H119NO8. The van der Waals surface area contributed by atoms with Crippen LogP contribution in [0.5, 0.6) is 0 Å². The van der Waals surface area contributed by atoms with E-state index in [1.165, 1.54) is 122 Å². The number of nitrogens with zero attached hydrogens (tertiary/aromatic N) is 1. The number of carbonyl (C=O) groups excluding carboxylic acids is 3. The van der Waals surface area contributed by atoms with Gasteiger partial charge in [-0.15, -0.1) is 0 Å². The number of aliphatic carboxylic acids is 1. The molecule has 0 saturated carbocycles. The number of ether oxygens (including phenoxy) is 4. The normalized spacial score (nSPS) is 13.5. The first kappa shape index (κ1) is 75.0. The summed E-state index contributed by atoms with van der Waals surface area (Å²) in [5.74, 6) is -2.31. The van der Waals surface area contributed by atoms with E-state index < -0.39 is 24.3 Å². The number of carboxylic acids is 1. The van der Waals surface area contributed by atoms with Crippen molar-refractivity contribution in [2.24, 2.45) is 0 Å². The predicted molar refractivity (Wildman–Crippen MR) is 333 cm³/mol. The first-order valence-electron chi connectivity index (χ1n) is 32.0. The third-order valence-electron chi connectivity index (χ3n) is 13.5. The minimum absolute atomic E-state index is 0.138. The third kappa shape index (κ3) is 61.4. The van der Waals surface area contributed by atoms with Crippen LogP contribution in [0.15, 0.2) is 109 Å². The molecule has 0 N–H and O–H groups in total. The maximum absolute atomic E-state index is 12.9. The fraction of sp³-hybridized carbons (Fsp3) is 0.700. The van der Waals surface area contributed by atoms with E-state index in [1.807, 2.05) is 21.1 Å². The molecule has 452 valence electrons. The third-order valence-corrected chi connectivity index (χ3v) is 13.5. The van der Waals surface area contributed by atoms with Gasteiger partial charge in [0, 0.05) is 12.8 Å². The van der Waals surface area contributed by atoms with Crippen LogP contribution in [-0.2, 0) is 33.3 Å². The molecule has 2 atom stereocenters. The minimum atomic E-state index is -1.63. The van der Waals surface area contributed by atoms with Crippen molar-refractivity contribution in [3.05, 3.63) is 109 Å². The van der Waals surface area contributed by atoms with Gasteiger partial charge in [-0.05, 0) is 103 Å². The lowest BCUT2D eigenvalue weighted by atomic mass is 10.0. The highest BCUT2D eigenvalue weighted by Crippen LogP contribution is 2.16. The molecule has 0 aliphatic heterocycles. The van der Waals surface area contributed by atoms with Crippen LogP contribution in [0.2, 0.25) is 0 Å². The van der Waals surface area contributed by atoms with E-state index in [2.05, 4.69) is 123 Å². The molecule has 79 heavy (non-hydrogen) atoms. The Hall–Kier alpha value is -4.05. The Labute approximate surface area is 485 Å². The second-order valence-electron chi connectivity index (χ2n) is 22.3. The Morgan fingerprint density at radius 3 is 1.08 bits per heavy atom. The van der Waals surface area contributed by atoms with Crippen LogP contribution in [0.25, 0.3) is 0 Å². The van der Waals surface area contributed by atoms with Gasteiger partial charge in [0.1, 0.15) is 13.2 Å². The molecule has 0 fully saturated rings. The van der Waals surface area contributed by atoms with Gasteiger partial charge in [-0.3, -0.25) is 9.59 Å². The van der Waals surface area contributed by atoms with Crippen LogP contribution in [0.4, 0.5) is 0 Å². The van der Waals surface area contributed by atoms with E-state index in [0.29, 0.717) is 17.4 Å². The Morgan fingerprint density at radius 2 is 0.722 bits per heavy atom. The molecule has 0 amide bonds. The average molecular weight is 1100 g/mol. The van der Waals surface area contributed by atoms with Crippen molar-refractivity contribution in [2.45, 2.75) is 270 Å². The second kappa shape index (κ2) is 60.1. The van der Waals surface area contributed by atoms with E-state index in [1.54, 1.807) is 0 Å². The van der Waals surface area contributed by atoms with Crippen LogP contribution in [0, 0.1) is 0 Å². The topological polar surface area (TPSA) is 111 Å². The van der Waals surface area contributed by atoms with Gasteiger partial charge >= 0.3 is 11.9 Å². The van der Waals surface area contributed by atoms with E-state index in [9.17, 15) is 19.5 Å². The molecule has 0 heterocycles. The lowest BCUT2D eigenvalue weighted by Crippen LogP contribution is -2.44. The summed E-state index contributed by atoms with van der Waals surface area (Å²) >= 11 is 0. The van der Waals surface area contributed by atoms with Gasteiger partial charge in [0.25, 0.3) is 0 Å². The molecule has 2 unspecified atom stereocenters. The van der Waals surface area contributed by atoms with E-state index in [-0.39, 0.29) is 38.6 Å². The highest BCUT2D eigenvalue weighted by atomic mass is 16.7. The summed E-state index contributed by atoms with van der Waals surface area (Å²) in [6.45, 7) is 4.61. The number of rotatable bonds is 58. The van der Waals surface area contributed by atoms with Crippen molar-refractivity contribution >= 4 is 17.9 Å². The van der Waals surface area contributed by atoms with Crippen molar-refractivity contribution in [3.63, 3.8) is 0 Å². The Bertz CT molecular complexity index is 1660. The quantitative estimate of drug-likeness (QED) is 0.0195. The largest absolute Gasteiger partial charge is 0.545 e. The number of esters is 2. The summed E-state index contributed by atoms with van der Waals surface area (Å²) in [5.41, 5.74) is 0. The highest BCUT2D eigenvalue weighted by molar-refractivity contribution is 5.70. The molecule has 9 nitrogen and oxygen atoms in total. The molecule has 0 radical (unpaired) electrons. The number of unbranched alkanes of at least 4 members (excludes halogenated alkanes) is 25. The molecular weight excluding hydrogens is 983 g/mol. The van der Waals surface area contributed by atoms with Gasteiger partial charge in [0.2, 0.25) is 0 Å². The predicted octanol–water partition coefficient (Wildman–Crippen LogP) is 18.1. The van der Waals surface area contributed by atoms with Crippen molar-refractivity contribution in [1.29, 1.82) is 0 Å². The fourth-order valence-corrected chi connectivity index (χ4v) is 8.61. The fourth-order valence-electron chi connectivity index (χ4n) is 8.61. The summed E-state index contributed by atoms with van der Waals surface area (Å²) in [6.07, 6.45) is 80.0. The SMILES string of the molecule is CC/C=C\C/C=C\C/C=C\C/C=C\C/C=C\C/C=C\C/C=C\CCCCCCCC(=O)OC(COC(=O)CCCCCCCCCCCCCCCCC/C=C\C/C=C\CCCCCCC)COC(OCC[N+](C)(C)C)C(=O)[O-]. The second-order valence-corrected chi connectivity index (χ2v) is 22.3. The number of hydrogen-bond donors (Lipinski definition) is 0. The zero-order valence-electron chi connectivity index (χ0n) is 51.5. The molecule has 0 spiro atoms. The first-order valence-corrected chi connectivity index (χ1v) is 32.0. The molecule has 0 aromatic heterocycles. The summed E-state index contributed by atoms with van der Waals surface area (Å²) in [7, 11) is 5.91. The maximum atomic E-state index is 12.9. The standard InChI is InChI=1S/C70H119NO8/c1-6-8-10-12-14-16-18-20-22-24-26-28-30-32-34-36-38-40-42-44-46-48-50-52-54-56-58-60-67(72)77-64-66(65-78-70(69(74)75)76-63-62-71(3,4)5)79-68(73)61-59-57-55-53-51-49-47-45-43-41-39-37-35-33-31-29-27-25-23-21-19-17-15-13-11-9-7-2/h9,11,15,17-18,20-21,23-24,26-27,29,33,35,39,41,45,47,66,70H,6-8,10,12-14,16,19,22,25,28,30-32,34,36-38,40,42-44,46,48-65H2,1-5H3/b11-9-,17-15-,20-18-,23-21-,26-24-,29-27-,35-33-,41-39-,47-45-. The average Bonchev–Trinajstić information content (AvgIpc) is 3.42. The Kier molecular flexibility index (Phi) is 57.0. The Morgan fingerprint density at radius 1 is 0.392 bits per heavy atom. The van der Waals surface area contributed by atoms with Crippen LogP contribution < -0.4 is 5.11 Å². The minimum Gasteiger partial charge on any atom is -0.545 e. The van der Waals surface area contributed by atoms with Crippen LogP contribution >= 0.6 is 0 Å². The van der Waals surface area contributed by atoms with Crippen molar-refractivity contribution in [1.82, 2.24) is 0 Å². The van der Waals surface area contributed by atoms with Crippen molar-refractivity contribution in [2.75, 3.05) is 47.5 Å². The first-order chi connectivity index (χ1) is 38.6. The van der Waals surface area contributed by atoms with Gasteiger partial charge in [-0.1, -0.05) is 252 Å². The molecule has 0 aliphatic carbocycles. The molecule has 0 saturated heterocycles.